The minimum Gasteiger partial charge on any atom is -0.569 e. The van der Waals surface area contributed by atoms with Crippen molar-refractivity contribution in [3.05, 3.63) is 71.1 Å². The van der Waals surface area contributed by atoms with Gasteiger partial charge in [-0.1, -0.05) is 57.5 Å². The number of aryl methyl sites for hydroxylation is 1. The van der Waals surface area contributed by atoms with Gasteiger partial charge in [-0.15, -0.1) is 5.01 Å². The third kappa shape index (κ3) is 9.82. The Morgan fingerprint density at radius 3 is 2.21 bits per heavy atom. The molecule has 0 saturated carbocycles. The van der Waals surface area contributed by atoms with E-state index in [0.717, 1.165) is 33.5 Å². The van der Waals surface area contributed by atoms with Crippen LogP contribution in [0.1, 0.15) is 45.9 Å². The zero-order valence-corrected chi connectivity index (χ0v) is 28.1. The number of likely N-dealkylation sites (N-methyl/N-ethyl adjacent to an activating group) is 1. The second-order valence-electron chi connectivity index (χ2n) is 11.4. The number of amides is 1. The highest BCUT2D eigenvalue weighted by molar-refractivity contribution is 7.90. The number of ether oxygens (including phenoxy) is 2. The lowest BCUT2D eigenvalue weighted by Gasteiger charge is -2.26. The van der Waals surface area contributed by atoms with Crippen LogP contribution in [0, 0.1) is 24.0 Å². The fraction of sp³-hybridized carbons (Fsp3) is 0.433. The summed E-state index contributed by atoms with van der Waals surface area (Å²) in [6, 6.07) is 11.5. The van der Waals surface area contributed by atoms with Gasteiger partial charge in [0.25, 0.3) is 16.3 Å². The molecule has 48 heavy (non-hydrogen) atoms. The number of sulfonamides is 1. The summed E-state index contributed by atoms with van der Waals surface area (Å²) >= 11 is 0. The molecular weight excluding hydrogens is 661 g/mol. The minimum absolute atomic E-state index is 0.0610. The molecule has 1 aromatic heterocycles. The van der Waals surface area contributed by atoms with E-state index < -0.39 is 58.8 Å². The highest BCUT2D eigenvalue weighted by Gasteiger charge is 2.35. The van der Waals surface area contributed by atoms with Crippen molar-refractivity contribution >= 4 is 22.1 Å². The van der Waals surface area contributed by atoms with E-state index in [2.05, 4.69) is 10.4 Å². The van der Waals surface area contributed by atoms with Crippen molar-refractivity contribution in [2.75, 3.05) is 13.7 Å². The van der Waals surface area contributed by atoms with Crippen LogP contribution >= 0.6 is 0 Å². The molecule has 14 nitrogen and oxygen atoms in total. The Kier molecular flexibility index (Phi) is 12.0. The van der Waals surface area contributed by atoms with E-state index in [9.17, 15) is 36.4 Å². The van der Waals surface area contributed by atoms with Gasteiger partial charge in [-0.25, -0.2) is 22.6 Å². The number of hydrogen-bond donors (Lipinski definition) is 1. The molecule has 2 aromatic carbocycles. The quantitative estimate of drug-likeness (QED) is 0.0781. The predicted octanol–water partition coefficient (Wildman–Crippen LogP) is 5.59. The van der Waals surface area contributed by atoms with Gasteiger partial charge in [-0.2, -0.15) is 18.3 Å². The predicted molar refractivity (Wildman–Crippen MR) is 164 cm³/mol. The van der Waals surface area contributed by atoms with Gasteiger partial charge < -0.3 is 14.7 Å². The van der Waals surface area contributed by atoms with Crippen molar-refractivity contribution in [1.82, 2.24) is 19.5 Å². The Labute approximate surface area is 275 Å². The highest BCUT2D eigenvalue weighted by atomic mass is 32.2. The van der Waals surface area contributed by atoms with E-state index in [1.54, 1.807) is 56.7 Å². The Bertz CT molecular complexity index is 1710. The van der Waals surface area contributed by atoms with Gasteiger partial charge in [0, 0.05) is 12.5 Å². The lowest BCUT2D eigenvalue weighted by Crippen LogP contribution is -2.45. The zero-order valence-electron chi connectivity index (χ0n) is 27.3. The number of nitrogens with zero attached hydrogens (tertiary/aromatic N) is 5. The molecule has 0 spiro atoms. The van der Waals surface area contributed by atoms with Gasteiger partial charge in [0.05, 0.1) is 34.2 Å². The summed E-state index contributed by atoms with van der Waals surface area (Å²) in [7, 11) is -3.15. The van der Waals surface area contributed by atoms with E-state index in [4.69, 9.17) is 14.3 Å². The molecule has 3 aromatic rings. The average Bonchev–Trinajstić information content (AvgIpc) is 3.46. The largest absolute Gasteiger partial charge is 0.569 e. The van der Waals surface area contributed by atoms with Crippen LogP contribution < -0.4 is 4.72 Å². The maximum Gasteiger partial charge on any atom is 0.435 e. The molecule has 0 aliphatic carbocycles. The summed E-state index contributed by atoms with van der Waals surface area (Å²) in [6.07, 6.45) is -7.23. The molecule has 0 aliphatic heterocycles. The summed E-state index contributed by atoms with van der Waals surface area (Å²) in [4.78, 5) is 28.7. The van der Waals surface area contributed by atoms with Gasteiger partial charge in [0.1, 0.15) is 12.6 Å². The van der Waals surface area contributed by atoms with Crippen molar-refractivity contribution in [3.8, 4) is 16.9 Å². The number of halogens is 3. The highest BCUT2D eigenvalue weighted by Crippen LogP contribution is 2.33. The van der Waals surface area contributed by atoms with Crippen LogP contribution in [0.2, 0.25) is 0 Å². The third-order valence-corrected chi connectivity index (χ3v) is 8.21. The van der Waals surface area contributed by atoms with E-state index in [-0.39, 0.29) is 27.2 Å². The summed E-state index contributed by atoms with van der Waals surface area (Å²) in [5, 5.41) is 20.5. The molecule has 1 heterocycles. The molecule has 0 aliphatic rings. The van der Waals surface area contributed by atoms with Crippen LogP contribution in [0.5, 0.6) is 0 Å². The van der Waals surface area contributed by atoms with Crippen LogP contribution in [-0.4, -0.2) is 66.2 Å². The van der Waals surface area contributed by atoms with Crippen LogP contribution in [-0.2, 0) is 35.3 Å². The molecule has 2 atom stereocenters. The Balaban J connectivity index is 1.70. The lowest BCUT2D eigenvalue weighted by molar-refractivity contribution is -0.716. The summed E-state index contributed by atoms with van der Waals surface area (Å²) in [5.74, 6) is -1.29. The first-order chi connectivity index (χ1) is 22.3. The number of hydrazine groups is 1. The standard InChI is InChI=1S/C30H37F3N6O8S/c1-18(2)26(37(7)39(42)36-47-21(6)46-28(40)19(3)4)17-45-29(41)35-48(43,44)24-14-12-23(13-15-24)38-25(16-27(34-38)30(31,32)33)22-10-8-20(5)9-11-22/h8-16,18-19,21,26H,17H2,1-7H3,(H,35,41)/t21?,26-/m1/s1. The number of alkyl halides is 3. The Morgan fingerprint density at radius 1 is 1.06 bits per heavy atom. The van der Waals surface area contributed by atoms with Crippen LogP contribution in [0.4, 0.5) is 18.0 Å². The van der Waals surface area contributed by atoms with E-state index in [1.165, 1.54) is 26.1 Å². The number of carbonyl (C=O) groups excluding carboxylic acids is 2. The zero-order chi connectivity index (χ0) is 36.0. The molecule has 0 radical (unpaired) electrons. The summed E-state index contributed by atoms with van der Waals surface area (Å²) in [6.45, 7) is 9.42. The second-order valence-corrected chi connectivity index (χ2v) is 13.1. The summed E-state index contributed by atoms with van der Waals surface area (Å²) in [5.41, 5.74) is 0.489. The van der Waals surface area contributed by atoms with E-state index in [0.29, 0.717) is 5.56 Å². The molecule has 262 valence electrons. The number of aromatic nitrogens is 2. The molecule has 1 unspecified atom stereocenters. The fourth-order valence-corrected chi connectivity index (χ4v) is 5.01. The molecule has 0 fully saturated rings. The molecule has 1 amide bonds. The van der Waals surface area contributed by atoms with Crippen molar-refractivity contribution in [3.63, 3.8) is 0 Å². The molecular formula is C30H37F3N6O8S. The van der Waals surface area contributed by atoms with Crippen molar-refractivity contribution in [2.45, 2.75) is 64.9 Å². The first-order valence-electron chi connectivity index (χ1n) is 14.6. The number of esters is 1. The van der Waals surface area contributed by atoms with Crippen LogP contribution in [0.15, 0.2) is 64.8 Å². The molecule has 0 saturated heterocycles. The fourth-order valence-electron chi connectivity index (χ4n) is 4.12. The van der Waals surface area contributed by atoms with Gasteiger partial charge >= 0.3 is 18.2 Å². The van der Waals surface area contributed by atoms with Crippen molar-refractivity contribution in [2.24, 2.45) is 17.1 Å². The van der Waals surface area contributed by atoms with Crippen molar-refractivity contribution < 1.29 is 50.5 Å². The Hall–Kier alpha value is -4.87. The average molecular weight is 699 g/mol. The normalized spacial score (nSPS) is 13.6. The van der Waals surface area contributed by atoms with E-state index in [1.807, 2.05) is 6.92 Å². The monoisotopic (exact) mass is 698 g/mol. The van der Waals surface area contributed by atoms with Crippen LogP contribution in [0.3, 0.4) is 0 Å². The number of rotatable bonds is 13. The number of hydrogen-bond acceptors (Lipinski definition) is 10. The minimum atomic E-state index is -4.72. The molecule has 0 bridgehead atoms. The van der Waals surface area contributed by atoms with Gasteiger partial charge in [0.2, 0.25) is 5.28 Å². The number of carbonyl (C=O) groups is 2. The maximum absolute atomic E-state index is 13.5. The maximum atomic E-state index is 13.5. The number of benzene rings is 2. The molecule has 18 heteroatoms. The van der Waals surface area contributed by atoms with Gasteiger partial charge in [0.15, 0.2) is 5.69 Å². The third-order valence-electron chi connectivity index (χ3n) is 6.88. The topological polar surface area (TPSA) is 167 Å². The second kappa shape index (κ2) is 15.4. The first-order valence-corrected chi connectivity index (χ1v) is 16.1. The summed E-state index contributed by atoms with van der Waals surface area (Å²) < 4.78 is 79.3. The number of nitrogens with one attached hydrogen (secondary N) is 1. The molecule has 3 rings (SSSR count). The first kappa shape index (κ1) is 37.6. The smallest absolute Gasteiger partial charge is 0.435 e. The van der Waals surface area contributed by atoms with E-state index >= 15 is 0 Å². The lowest BCUT2D eigenvalue weighted by atomic mass is 10.1. The van der Waals surface area contributed by atoms with Crippen LogP contribution in [0.25, 0.3) is 16.9 Å². The van der Waals surface area contributed by atoms with Gasteiger partial charge in [-0.3, -0.25) is 9.63 Å². The van der Waals surface area contributed by atoms with Crippen molar-refractivity contribution in [1.29, 1.82) is 0 Å². The van der Waals surface area contributed by atoms with Gasteiger partial charge in [-0.05, 0) is 43.2 Å². The SMILES string of the molecule is Cc1ccc(-c2cc(C(F)(F)F)nn2-c2ccc(S(=O)(=O)NC(=O)OC[C@H](C(C)C)N(C)[N+]([O-])=NOC(C)OC(=O)C(C)C)cc2)cc1. The Morgan fingerprint density at radius 2 is 1.67 bits per heavy atom. The molecule has 1 N–H and O–H groups in total.